The van der Waals surface area contributed by atoms with Crippen molar-refractivity contribution in [2.75, 3.05) is 27.3 Å². The lowest BCUT2D eigenvalue weighted by Crippen LogP contribution is -2.21. The zero-order valence-corrected chi connectivity index (χ0v) is 10.9. The van der Waals surface area contributed by atoms with Gasteiger partial charge in [0.15, 0.2) is 0 Å². The molecule has 1 aliphatic heterocycles. The number of allylic oxidation sites excluding steroid dienone is 1. The number of ether oxygens (including phenoxy) is 1. The zero-order valence-electron chi connectivity index (χ0n) is 10.9. The summed E-state index contributed by atoms with van der Waals surface area (Å²) in [5.74, 6) is -0.00677. The van der Waals surface area contributed by atoms with E-state index in [4.69, 9.17) is 4.74 Å². The second-order valence-corrected chi connectivity index (χ2v) is 4.67. The van der Waals surface area contributed by atoms with Crippen LogP contribution in [0.4, 0.5) is 0 Å². The summed E-state index contributed by atoms with van der Waals surface area (Å²) in [6, 6.07) is 0.327. The van der Waals surface area contributed by atoms with Crippen LogP contribution in [-0.2, 0) is 4.74 Å². The Kier molecular flexibility index (Phi) is 4.15. The summed E-state index contributed by atoms with van der Waals surface area (Å²) in [5, 5.41) is 0. The second-order valence-electron chi connectivity index (χ2n) is 4.67. The minimum absolute atomic E-state index is 0.00677. The average molecular weight is 249 g/mol. The molecule has 1 saturated heterocycles. The molecule has 0 amide bonds. The van der Waals surface area contributed by atoms with E-state index < -0.39 is 0 Å². The van der Waals surface area contributed by atoms with Crippen LogP contribution in [0.1, 0.15) is 29.4 Å². The number of rotatable bonds is 4. The molecule has 0 radical (unpaired) electrons. The molecule has 18 heavy (non-hydrogen) atoms. The van der Waals surface area contributed by atoms with Crippen LogP contribution in [0, 0.1) is 0 Å². The van der Waals surface area contributed by atoms with Gasteiger partial charge in [0.1, 0.15) is 5.69 Å². The van der Waals surface area contributed by atoms with E-state index >= 15 is 0 Å². The predicted octanol–water partition coefficient (Wildman–Crippen LogP) is 1.49. The van der Waals surface area contributed by atoms with Gasteiger partial charge in [-0.3, -0.25) is 4.79 Å². The molecule has 0 atom stereocenters. The number of hydrogen-bond acceptors (Lipinski definition) is 4. The minimum atomic E-state index is -0.00677. The molecular weight excluding hydrogens is 230 g/mol. The SMILES string of the molecule is CN(C)/C=C/C(=O)c1cncn1C1CCOCC1. The normalized spacial score (nSPS) is 17.2. The van der Waals surface area contributed by atoms with Crippen molar-refractivity contribution in [3.63, 3.8) is 0 Å². The number of ketones is 1. The Labute approximate surface area is 107 Å². The molecule has 2 rings (SSSR count). The van der Waals surface area contributed by atoms with Crippen molar-refractivity contribution < 1.29 is 9.53 Å². The molecule has 0 aliphatic carbocycles. The molecule has 0 unspecified atom stereocenters. The molecular formula is C13H19N3O2. The molecule has 1 aromatic rings. The van der Waals surface area contributed by atoms with Crippen molar-refractivity contribution in [1.29, 1.82) is 0 Å². The van der Waals surface area contributed by atoms with Crippen LogP contribution in [0.25, 0.3) is 0 Å². The van der Waals surface area contributed by atoms with E-state index in [-0.39, 0.29) is 5.78 Å². The molecule has 0 aromatic carbocycles. The molecule has 5 nitrogen and oxygen atoms in total. The Morgan fingerprint density at radius 1 is 1.50 bits per heavy atom. The first-order valence-corrected chi connectivity index (χ1v) is 6.17. The van der Waals surface area contributed by atoms with Crippen LogP contribution in [0.5, 0.6) is 0 Å². The van der Waals surface area contributed by atoms with E-state index in [1.807, 2.05) is 23.6 Å². The highest BCUT2D eigenvalue weighted by molar-refractivity contribution is 6.03. The third-order valence-corrected chi connectivity index (χ3v) is 3.03. The van der Waals surface area contributed by atoms with Crippen molar-refractivity contribution >= 4 is 5.78 Å². The summed E-state index contributed by atoms with van der Waals surface area (Å²) in [5.41, 5.74) is 0.653. The Hall–Kier alpha value is -1.62. The summed E-state index contributed by atoms with van der Waals surface area (Å²) in [4.78, 5) is 18.0. The smallest absolute Gasteiger partial charge is 0.205 e. The largest absolute Gasteiger partial charge is 0.383 e. The van der Waals surface area contributed by atoms with Gasteiger partial charge in [0.25, 0.3) is 0 Å². The number of nitrogens with zero attached hydrogens (tertiary/aromatic N) is 3. The number of hydrogen-bond donors (Lipinski definition) is 0. The molecule has 2 heterocycles. The van der Waals surface area contributed by atoms with Crippen molar-refractivity contribution in [2.45, 2.75) is 18.9 Å². The fourth-order valence-corrected chi connectivity index (χ4v) is 2.05. The van der Waals surface area contributed by atoms with Crippen molar-refractivity contribution in [1.82, 2.24) is 14.5 Å². The topological polar surface area (TPSA) is 47.4 Å². The molecule has 0 spiro atoms. The molecule has 1 aliphatic rings. The van der Waals surface area contributed by atoms with Gasteiger partial charge in [0, 0.05) is 45.6 Å². The van der Waals surface area contributed by atoms with Gasteiger partial charge >= 0.3 is 0 Å². The summed E-state index contributed by atoms with van der Waals surface area (Å²) in [6.07, 6.45) is 8.59. The highest BCUT2D eigenvalue weighted by atomic mass is 16.5. The van der Waals surface area contributed by atoms with Gasteiger partial charge in [-0.2, -0.15) is 0 Å². The quantitative estimate of drug-likeness (QED) is 0.599. The fraction of sp³-hybridized carbons (Fsp3) is 0.538. The van der Waals surface area contributed by atoms with Crippen LogP contribution >= 0.6 is 0 Å². The van der Waals surface area contributed by atoms with E-state index in [9.17, 15) is 4.79 Å². The third kappa shape index (κ3) is 2.98. The first-order chi connectivity index (χ1) is 8.68. The monoisotopic (exact) mass is 249 g/mol. The third-order valence-electron chi connectivity index (χ3n) is 3.03. The maximum atomic E-state index is 12.1. The Morgan fingerprint density at radius 3 is 2.89 bits per heavy atom. The molecule has 1 fully saturated rings. The first kappa shape index (κ1) is 12.8. The molecule has 5 heteroatoms. The van der Waals surface area contributed by atoms with Gasteiger partial charge in [0.05, 0.1) is 12.5 Å². The van der Waals surface area contributed by atoms with E-state index in [1.54, 1.807) is 24.8 Å². The maximum Gasteiger partial charge on any atom is 0.205 e. The molecule has 98 valence electrons. The van der Waals surface area contributed by atoms with Crippen LogP contribution in [0.15, 0.2) is 24.8 Å². The Bertz CT molecular complexity index is 431. The van der Waals surface area contributed by atoms with E-state index in [2.05, 4.69) is 4.98 Å². The van der Waals surface area contributed by atoms with Gasteiger partial charge in [-0.05, 0) is 12.8 Å². The zero-order chi connectivity index (χ0) is 13.0. The fourth-order valence-electron chi connectivity index (χ4n) is 2.05. The highest BCUT2D eigenvalue weighted by Gasteiger charge is 2.20. The number of imidazole rings is 1. The molecule has 1 aromatic heterocycles. The van der Waals surface area contributed by atoms with E-state index in [0.29, 0.717) is 11.7 Å². The Morgan fingerprint density at radius 2 is 2.22 bits per heavy atom. The first-order valence-electron chi connectivity index (χ1n) is 6.17. The Balaban J connectivity index is 2.13. The maximum absolute atomic E-state index is 12.1. The minimum Gasteiger partial charge on any atom is -0.383 e. The summed E-state index contributed by atoms with van der Waals surface area (Å²) in [6.45, 7) is 1.51. The van der Waals surface area contributed by atoms with Gasteiger partial charge in [-0.1, -0.05) is 0 Å². The second kappa shape index (κ2) is 5.82. The predicted molar refractivity (Wildman–Crippen MR) is 68.5 cm³/mol. The van der Waals surface area contributed by atoms with Crippen molar-refractivity contribution in [3.05, 3.63) is 30.5 Å². The van der Waals surface area contributed by atoms with Crippen LogP contribution in [-0.4, -0.2) is 47.5 Å². The molecule has 0 N–H and O–H groups in total. The van der Waals surface area contributed by atoms with Gasteiger partial charge in [0.2, 0.25) is 5.78 Å². The number of carbonyl (C=O) groups excluding carboxylic acids is 1. The number of aromatic nitrogens is 2. The molecule has 0 bridgehead atoms. The van der Waals surface area contributed by atoms with Gasteiger partial charge in [-0.15, -0.1) is 0 Å². The lowest BCUT2D eigenvalue weighted by Gasteiger charge is -2.24. The van der Waals surface area contributed by atoms with Crippen LogP contribution in [0.3, 0.4) is 0 Å². The van der Waals surface area contributed by atoms with Gasteiger partial charge in [-0.25, -0.2) is 4.98 Å². The lowest BCUT2D eigenvalue weighted by molar-refractivity contribution is 0.0682. The van der Waals surface area contributed by atoms with Crippen LogP contribution < -0.4 is 0 Å². The summed E-state index contributed by atoms with van der Waals surface area (Å²) < 4.78 is 7.31. The molecule has 0 saturated carbocycles. The van der Waals surface area contributed by atoms with Crippen molar-refractivity contribution in [2.24, 2.45) is 0 Å². The van der Waals surface area contributed by atoms with E-state index in [0.717, 1.165) is 26.1 Å². The summed E-state index contributed by atoms with van der Waals surface area (Å²) in [7, 11) is 3.78. The van der Waals surface area contributed by atoms with Crippen molar-refractivity contribution in [3.8, 4) is 0 Å². The number of carbonyl (C=O) groups is 1. The lowest BCUT2D eigenvalue weighted by atomic mass is 10.1. The van der Waals surface area contributed by atoms with E-state index in [1.165, 1.54) is 0 Å². The summed E-state index contributed by atoms with van der Waals surface area (Å²) >= 11 is 0. The highest BCUT2D eigenvalue weighted by Crippen LogP contribution is 2.22. The van der Waals surface area contributed by atoms with Crippen LogP contribution in [0.2, 0.25) is 0 Å². The van der Waals surface area contributed by atoms with Gasteiger partial charge < -0.3 is 14.2 Å². The average Bonchev–Trinajstić information content (AvgIpc) is 2.86. The standard InChI is InChI=1S/C13H19N3O2/c1-15(2)6-3-13(17)12-9-14-10-16(12)11-4-7-18-8-5-11/h3,6,9-11H,4-5,7-8H2,1-2H3/b6-3+.